The molecule has 0 aliphatic carbocycles. The third kappa shape index (κ3) is 2.80. The van der Waals surface area contributed by atoms with Crippen molar-refractivity contribution in [3.63, 3.8) is 0 Å². The fourth-order valence-corrected chi connectivity index (χ4v) is 2.68. The fourth-order valence-electron chi connectivity index (χ4n) is 2.68. The summed E-state index contributed by atoms with van der Waals surface area (Å²) in [5, 5.41) is 8.89. The summed E-state index contributed by atoms with van der Waals surface area (Å²) in [6.07, 6.45) is 0. The summed E-state index contributed by atoms with van der Waals surface area (Å²) < 4.78 is 2.04. The number of hydrogen-bond donors (Lipinski definition) is 0. The molecular formula is C19H21N3. The molecular weight excluding hydrogens is 270 g/mol. The molecule has 2 aromatic carbocycles. The van der Waals surface area contributed by atoms with Crippen molar-refractivity contribution in [2.75, 3.05) is 0 Å². The van der Waals surface area contributed by atoms with Gasteiger partial charge in [-0.3, -0.25) is 0 Å². The highest BCUT2D eigenvalue weighted by atomic mass is 15.4. The molecule has 0 aliphatic rings. The predicted octanol–water partition coefficient (Wildman–Crippen LogP) is 4.58. The second-order valence-electron chi connectivity index (χ2n) is 6.04. The Kier molecular flexibility index (Phi) is 4.05. The molecule has 3 rings (SSSR count). The van der Waals surface area contributed by atoms with Crippen molar-refractivity contribution in [1.82, 2.24) is 15.0 Å². The van der Waals surface area contributed by atoms with Crippen LogP contribution in [0.1, 0.15) is 19.4 Å². The molecule has 1 aromatic heterocycles. The van der Waals surface area contributed by atoms with Crippen molar-refractivity contribution in [2.24, 2.45) is 5.92 Å². The van der Waals surface area contributed by atoms with E-state index in [9.17, 15) is 0 Å². The maximum atomic E-state index is 4.47. The van der Waals surface area contributed by atoms with E-state index < -0.39 is 0 Å². The summed E-state index contributed by atoms with van der Waals surface area (Å²) in [5.74, 6) is 0.521. The second-order valence-corrected chi connectivity index (χ2v) is 6.04. The first-order valence-electron chi connectivity index (χ1n) is 7.71. The van der Waals surface area contributed by atoms with Crippen molar-refractivity contribution < 1.29 is 0 Å². The van der Waals surface area contributed by atoms with Gasteiger partial charge in [0.25, 0.3) is 0 Å². The lowest BCUT2D eigenvalue weighted by molar-refractivity contribution is 0.475. The molecule has 0 amide bonds. The molecule has 1 heterocycles. The highest BCUT2D eigenvalue weighted by molar-refractivity contribution is 5.79. The van der Waals surface area contributed by atoms with Gasteiger partial charge in [0.15, 0.2) is 0 Å². The fraction of sp³-hybridized carbons (Fsp3) is 0.263. The standard InChI is InChI=1S/C19H21N3/c1-14(2)13-22-19(17-12-8-7-9-15(17)3)18(20-21-22)16-10-5-4-6-11-16/h4-12,14H,13H2,1-3H3. The zero-order valence-electron chi connectivity index (χ0n) is 13.3. The van der Waals surface area contributed by atoms with Crippen LogP contribution in [0.3, 0.4) is 0 Å². The Bertz CT molecular complexity index is 757. The lowest BCUT2D eigenvalue weighted by Gasteiger charge is -2.12. The van der Waals surface area contributed by atoms with Crippen LogP contribution in [0.15, 0.2) is 54.6 Å². The third-order valence-corrected chi connectivity index (χ3v) is 3.72. The Labute approximate surface area is 131 Å². The molecule has 0 aliphatic heterocycles. The van der Waals surface area contributed by atoms with Crippen LogP contribution in [0.25, 0.3) is 22.5 Å². The molecule has 0 unspecified atom stereocenters. The van der Waals surface area contributed by atoms with Crippen LogP contribution < -0.4 is 0 Å². The van der Waals surface area contributed by atoms with Gasteiger partial charge < -0.3 is 0 Å². The first-order chi connectivity index (χ1) is 10.7. The van der Waals surface area contributed by atoms with E-state index in [2.05, 4.69) is 67.5 Å². The summed E-state index contributed by atoms with van der Waals surface area (Å²) in [5.41, 5.74) is 5.61. The van der Waals surface area contributed by atoms with Crippen LogP contribution in [-0.4, -0.2) is 15.0 Å². The summed E-state index contributed by atoms with van der Waals surface area (Å²) in [4.78, 5) is 0. The first-order valence-corrected chi connectivity index (χ1v) is 7.71. The van der Waals surface area contributed by atoms with E-state index in [0.717, 1.165) is 23.5 Å². The minimum atomic E-state index is 0.521. The van der Waals surface area contributed by atoms with Crippen LogP contribution in [0.2, 0.25) is 0 Å². The van der Waals surface area contributed by atoms with Crippen molar-refractivity contribution in [3.8, 4) is 22.5 Å². The maximum absolute atomic E-state index is 4.47. The Balaban J connectivity index is 2.20. The topological polar surface area (TPSA) is 30.7 Å². The van der Waals surface area contributed by atoms with Crippen molar-refractivity contribution in [2.45, 2.75) is 27.3 Å². The van der Waals surface area contributed by atoms with Gasteiger partial charge in [-0.1, -0.05) is 73.7 Å². The van der Waals surface area contributed by atoms with Crippen LogP contribution in [0.4, 0.5) is 0 Å². The molecule has 0 fully saturated rings. The highest BCUT2D eigenvalue weighted by Gasteiger charge is 2.18. The van der Waals surface area contributed by atoms with Crippen LogP contribution >= 0.6 is 0 Å². The van der Waals surface area contributed by atoms with E-state index in [4.69, 9.17) is 0 Å². The van der Waals surface area contributed by atoms with Gasteiger partial charge in [0.1, 0.15) is 5.69 Å². The van der Waals surface area contributed by atoms with E-state index in [1.54, 1.807) is 0 Å². The number of aryl methyl sites for hydroxylation is 1. The Morgan fingerprint density at radius 1 is 0.955 bits per heavy atom. The molecule has 0 atom stereocenters. The lowest BCUT2D eigenvalue weighted by atomic mass is 10.0. The van der Waals surface area contributed by atoms with Gasteiger partial charge in [0, 0.05) is 17.7 Å². The van der Waals surface area contributed by atoms with Crippen LogP contribution in [-0.2, 0) is 6.54 Å². The smallest absolute Gasteiger partial charge is 0.121 e. The van der Waals surface area contributed by atoms with E-state index in [0.29, 0.717) is 5.92 Å². The molecule has 3 nitrogen and oxygen atoms in total. The van der Waals surface area contributed by atoms with E-state index >= 15 is 0 Å². The van der Waals surface area contributed by atoms with Gasteiger partial charge in [0.2, 0.25) is 0 Å². The largest absolute Gasteiger partial charge is 0.244 e. The van der Waals surface area contributed by atoms with Gasteiger partial charge in [-0.2, -0.15) is 0 Å². The minimum absolute atomic E-state index is 0.521. The highest BCUT2D eigenvalue weighted by Crippen LogP contribution is 2.32. The first kappa shape index (κ1) is 14.5. The molecule has 0 radical (unpaired) electrons. The van der Waals surface area contributed by atoms with Crippen LogP contribution in [0.5, 0.6) is 0 Å². The quantitative estimate of drug-likeness (QED) is 0.704. The van der Waals surface area contributed by atoms with E-state index in [-0.39, 0.29) is 0 Å². The molecule has 0 saturated heterocycles. The minimum Gasteiger partial charge on any atom is -0.244 e. The normalized spacial score (nSPS) is 11.1. The molecule has 3 aromatic rings. The van der Waals surface area contributed by atoms with Gasteiger partial charge in [0.05, 0.1) is 5.69 Å². The van der Waals surface area contributed by atoms with E-state index in [1.807, 2.05) is 22.9 Å². The third-order valence-electron chi connectivity index (χ3n) is 3.72. The average Bonchev–Trinajstić information content (AvgIpc) is 2.91. The van der Waals surface area contributed by atoms with Crippen molar-refractivity contribution >= 4 is 0 Å². The van der Waals surface area contributed by atoms with Crippen molar-refractivity contribution in [1.29, 1.82) is 0 Å². The lowest BCUT2D eigenvalue weighted by Crippen LogP contribution is -2.08. The monoisotopic (exact) mass is 291 g/mol. The van der Waals surface area contributed by atoms with Gasteiger partial charge >= 0.3 is 0 Å². The zero-order valence-corrected chi connectivity index (χ0v) is 13.3. The average molecular weight is 291 g/mol. The summed E-state index contributed by atoms with van der Waals surface area (Å²) >= 11 is 0. The Morgan fingerprint density at radius 2 is 1.64 bits per heavy atom. The van der Waals surface area contributed by atoms with Gasteiger partial charge in [-0.15, -0.1) is 5.10 Å². The number of rotatable bonds is 4. The number of hydrogen-bond acceptors (Lipinski definition) is 2. The second kappa shape index (κ2) is 6.14. The Hall–Kier alpha value is -2.42. The molecule has 112 valence electrons. The molecule has 0 bridgehead atoms. The predicted molar refractivity (Wildman–Crippen MR) is 90.5 cm³/mol. The number of nitrogens with zero attached hydrogens (tertiary/aromatic N) is 3. The summed E-state index contributed by atoms with van der Waals surface area (Å²) in [6, 6.07) is 18.7. The molecule has 3 heteroatoms. The zero-order chi connectivity index (χ0) is 15.5. The molecule has 0 spiro atoms. The Morgan fingerprint density at radius 3 is 2.32 bits per heavy atom. The summed E-state index contributed by atoms with van der Waals surface area (Å²) in [6.45, 7) is 7.40. The van der Waals surface area contributed by atoms with Crippen LogP contribution in [0, 0.1) is 12.8 Å². The van der Waals surface area contributed by atoms with E-state index in [1.165, 1.54) is 11.1 Å². The SMILES string of the molecule is Cc1ccccc1-c1c(-c2ccccc2)nnn1CC(C)C. The number of benzene rings is 2. The van der Waals surface area contributed by atoms with Gasteiger partial charge in [-0.05, 0) is 18.4 Å². The molecule has 0 N–H and O–H groups in total. The maximum Gasteiger partial charge on any atom is 0.121 e. The van der Waals surface area contributed by atoms with Gasteiger partial charge in [-0.25, -0.2) is 4.68 Å². The molecule has 0 saturated carbocycles. The molecule has 22 heavy (non-hydrogen) atoms. The number of aromatic nitrogens is 3. The van der Waals surface area contributed by atoms with Crippen molar-refractivity contribution in [3.05, 3.63) is 60.2 Å². The summed E-state index contributed by atoms with van der Waals surface area (Å²) in [7, 11) is 0.